The summed E-state index contributed by atoms with van der Waals surface area (Å²) in [5.74, 6) is 0.669. The highest BCUT2D eigenvalue weighted by Crippen LogP contribution is 2.22. The summed E-state index contributed by atoms with van der Waals surface area (Å²) in [6, 6.07) is 12.4. The number of fused-ring (bicyclic) bond motifs is 1. The molecule has 0 fully saturated rings. The van der Waals surface area contributed by atoms with Gasteiger partial charge in [-0.2, -0.15) is 5.26 Å². The van der Waals surface area contributed by atoms with Crippen LogP contribution in [0, 0.1) is 11.3 Å². The van der Waals surface area contributed by atoms with E-state index >= 15 is 0 Å². The lowest BCUT2D eigenvalue weighted by molar-refractivity contribution is 0.948. The van der Waals surface area contributed by atoms with E-state index in [0.717, 1.165) is 11.0 Å². The standard InChI is InChI=1S/C14H10N4O/c1-18-12-7-9(8-15)5-6-10(12)17-14(18)11-3-2-4-13(19)16-11/h2-7H,1H3,(H,16,19). The number of hydrogen-bond donors (Lipinski definition) is 1. The van der Waals surface area contributed by atoms with Crippen molar-refractivity contribution in [2.24, 2.45) is 7.05 Å². The highest BCUT2D eigenvalue weighted by molar-refractivity contribution is 5.81. The normalized spacial score (nSPS) is 10.5. The van der Waals surface area contributed by atoms with Crippen LogP contribution in [0.2, 0.25) is 0 Å². The van der Waals surface area contributed by atoms with Crippen molar-refractivity contribution in [3.05, 3.63) is 52.3 Å². The molecule has 0 aliphatic carbocycles. The van der Waals surface area contributed by atoms with Crippen LogP contribution in [-0.2, 0) is 7.05 Å². The summed E-state index contributed by atoms with van der Waals surface area (Å²) in [5, 5.41) is 8.92. The zero-order chi connectivity index (χ0) is 13.4. The first kappa shape index (κ1) is 11.2. The van der Waals surface area contributed by atoms with Gasteiger partial charge in [0.15, 0.2) is 5.82 Å². The molecule has 2 aromatic heterocycles. The Morgan fingerprint density at radius 2 is 2.16 bits per heavy atom. The molecule has 3 rings (SSSR count). The van der Waals surface area contributed by atoms with E-state index in [2.05, 4.69) is 16.0 Å². The molecule has 5 heteroatoms. The Labute approximate surface area is 108 Å². The van der Waals surface area contributed by atoms with E-state index in [9.17, 15) is 4.79 Å². The van der Waals surface area contributed by atoms with Crippen LogP contribution in [-0.4, -0.2) is 14.5 Å². The molecule has 0 unspecified atom stereocenters. The molecule has 19 heavy (non-hydrogen) atoms. The quantitative estimate of drug-likeness (QED) is 0.715. The van der Waals surface area contributed by atoms with Gasteiger partial charge in [0.05, 0.1) is 28.4 Å². The topological polar surface area (TPSA) is 74.5 Å². The molecule has 1 N–H and O–H groups in total. The highest BCUT2D eigenvalue weighted by Gasteiger charge is 2.10. The third-order valence-electron chi connectivity index (χ3n) is 3.02. The molecule has 0 aliphatic rings. The predicted octanol–water partition coefficient (Wildman–Crippen LogP) is 1.80. The Bertz CT molecular complexity index is 867. The van der Waals surface area contributed by atoms with E-state index in [1.165, 1.54) is 6.07 Å². The average Bonchev–Trinajstić information content (AvgIpc) is 2.76. The zero-order valence-electron chi connectivity index (χ0n) is 10.2. The average molecular weight is 250 g/mol. The third-order valence-corrected chi connectivity index (χ3v) is 3.02. The van der Waals surface area contributed by atoms with E-state index in [-0.39, 0.29) is 5.56 Å². The van der Waals surface area contributed by atoms with Gasteiger partial charge in [0, 0.05) is 13.1 Å². The molecule has 0 spiro atoms. The maximum atomic E-state index is 11.4. The molecule has 0 atom stereocenters. The van der Waals surface area contributed by atoms with Crippen molar-refractivity contribution in [1.82, 2.24) is 14.5 Å². The van der Waals surface area contributed by atoms with Crippen LogP contribution in [0.5, 0.6) is 0 Å². The number of aromatic amines is 1. The first-order valence-electron chi connectivity index (χ1n) is 5.75. The first-order chi connectivity index (χ1) is 9.19. The molecular formula is C14H10N4O. The Morgan fingerprint density at radius 3 is 2.89 bits per heavy atom. The van der Waals surface area contributed by atoms with Crippen molar-refractivity contribution in [3.63, 3.8) is 0 Å². The van der Waals surface area contributed by atoms with Crippen LogP contribution in [0.15, 0.2) is 41.2 Å². The molecule has 0 saturated heterocycles. The number of aryl methyl sites for hydroxylation is 1. The number of nitrogens with one attached hydrogen (secondary N) is 1. The number of nitrogens with zero attached hydrogens (tertiary/aromatic N) is 3. The summed E-state index contributed by atoms with van der Waals surface area (Å²) in [4.78, 5) is 18.6. The van der Waals surface area contributed by atoms with Crippen LogP contribution >= 0.6 is 0 Å². The number of benzene rings is 1. The summed E-state index contributed by atoms with van der Waals surface area (Å²) in [6.07, 6.45) is 0. The minimum Gasteiger partial charge on any atom is -0.326 e. The molecule has 1 aromatic carbocycles. The van der Waals surface area contributed by atoms with Crippen molar-refractivity contribution < 1.29 is 0 Å². The van der Waals surface area contributed by atoms with Crippen molar-refractivity contribution >= 4 is 11.0 Å². The van der Waals surface area contributed by atoms with Crippen LogP contribution in [0.25, 0.3) is 22.6 Å². The van der Waals surface area contributed by atoms with Crippen molar-refractivity contribution in [2.45, 2.75) is 0 Å². The number of hydrogen-bond acceptors (Lipinski definition) is 3. The van der Waals surface area contributed by atoms with Crippen LogP contribution < -0.4 is 5.56 Å². The summed E-state index contributed by atoms with van der Waals surface area (Å²) >= 11 is 0. The van der Waals surface area contributed by atoms with Gasteiger partial charge in [-0.25, -0.2) is 4.98 Å². The third kappa shape index (κ3) is 1.79. The number of rotatable bonds is 1. The highest BCUT2D eigenvalue weighted by atomic mass is 16.1. The monoisotopic (exact) mass is 250 g/mol. The molecule has 5 nitrogen and oxygen atoms in total. The first-order valence-corrected chi connectivity index (χ1v) is 5.75. The van der Waals surface area contributed by atoms with Crippen molar-refractivity contribution in [2.75, 3.05) is 0 Å². The van der Waals surface area contributed by atoms with Crippen LogP contribution in [0.4, 0.5) is 0 Å². The largest absolute Gasteiger partial charge is 0.326 e. The van der Waals surface area contributed by atoms with Gasteiger partial charge >= 0.3 is 0 Å². The second-order valence-corrected chi connectivity index (χ2v) is 4.24. The Balaban J connectivity index is 2.29. The van der Waals surface area contributed by atoms with Gasteiger partial charge in [-0.15, -0.1) is 0 Å². The Kier molecular flexibility index (Phi) is 2.43. The van der Waals surface area contributed by atoms with Crippen molar-refractivity contribution in [3.8, 4) is 17.6 Å². The summed E-state index contributed by atoms with van der Waals surface area (Å²) in [7, 11) is 1.86. The zero-order valence-corrected chi connectivity index (χ0v) is 10.2. The van der Waals surface area contributed by atoms with E-state index in [0.29, 0.717) is 17.1 Å². The van der Waals surface area contributed by atoms with Gasteiger partial charge < -0.3 is 9.55 Å². The lowest BCUT2D eigenvalue weighted by atomic mass is 10.2. The van der Waals surface area contributed by atoms with Gasteiger partial charge in [0.1, 0.15) is 0 Å². The summed E-state index contributed by atoms with van der Waals surface area (Å²) < 4.78 is 1.86. The van der Waals surface area contributed by atoms with Crippen LogP contribution in [0.3, 0.4) is 0 Å². The fourth-order valence-electron chi connectivity index (χ4n) is 2.08. The van der Waals surface area contributed by atoms with Gasteiger partial charge in [-0.05, 0) is 24.3 Å². The predicted molar refractivity (Wildman–Crippen MR) is 71.5 cm³/mol. The SMILES string of the molecule is Cn1c(-c2cccc(=O)[nH]2)nc2ccc(C#N)cc21. The molecule has 0 radical (unpaired) electrons. The van der Waals surface area contributed by atoms with E-state index in [4.69, 9.17) is 5.26 Å². The van der Waals surface area contributed by atoms with Gasteiger partial charge in [0.2, 0.25) is 5.56 Å². The summed E-state index contributed by atoms with van der Waals surface area (Å²) in [5.41, 5.74) is 2.73. The van der Waals surface area contributed by atoms with Gasteiger partial charge in [-0.3, -0.25) is 4.79 Å². The molecule has 2 heterocycles. The number of nitriles is 1. The number of imidazole rings is 1. The molecular weight excluding hydrogens is 240 g/mol. The van der Waals surface area contributed by atoms with Gasteiger partial charge in [-0.1, -0.05) is 6.07 Å². The fraction of sp³-hybridized carbons (Fsp3) is 0.0714. The van der Waals surface area contributed by atoms with E-state index < -0.39 is 0 Å². The second-order valence-electron chi connectivity index (χ2n) is 4.24. The number of aromatic nitrogens is 3. The molecule has 0 saturated carbocycles. The smallest absolute Gasteiger partial charge is 0.248 e. The minimum atomic E-state index is -0.165. The number of H-pyrrole nitrogens is 1. The van der Waals surface area contributed by atoms with E-state index in [1.807, 2.05) is 11.6 Å². The Hall–Kier alpha value is -2.87. The maximum Gasteiger partial charge on any atom is 0.248 e. The minimum absolute atomic E-state index is 0.165. The molecule has 3 aromatic rings. The Morgan fingerprint density at radius 1 is 1.32 bits per heavy atom. The van der Waals surface area contributed by atoms with E-state index in [1.54, 1.807) is 30.3 Å². The molecule has 0 amide bonds. The maximum absolute atomic E-state index is 11.4. The van der Waals surface area contributed by atoms with Crippen molar-refractivity contribution in [1.29, 1.82) is 5.26 Å². The second kappa shape index (κ2) is 4.10. The molecule has 0 bridgehead atoms. The lowest BCUT2D eigenvalue weighted by Crippen LogP contribution is -2.05. The number of pyridine rings is 1. The van der Waals surface area contributed by atoms with Crippen LogP contribution in [0.1, 0.15) is 5.56 Å². The fourth-order valence-corrected chi connectivity index (χ4v) is 2.08. The molecule has 0 aliphatic heterocycles. The molecule has 92 valence electrons. The summed E-state index contributed by atoms with van der Waals surface area (Å²) in [6.45, 7) is 0. The lowest BCUT2D eigenvalue weighted by Gasteiger charge is -2.01. The van der Waals surface area contributed by atoms with Gasteiger partial charge in [0.25, 0.3) is 0 Å².